The highest BCUT2D eigenvalue weighted by molar-refractivity contribution is 5.91. The molecule has 3 heteroatoms. The van der Waals surface area contributed by atoms with Gasteiger partial charge in [-0.2, -0.15) is 5.26 Å². The van der Waals surface area contributed by atoms with Crippen molar-refractivity contribution < 1.29 is 0 Å². The number of nitrogens with zero attached hydrogens (tertiary/aromatic N) is 3. The SMILES string of the molecule is N#Cc1ccc2c(c1)C1(CCCCC1)c1cc(-c3ccccc3-c3ncc(-c4ccccc4)nc3-c3ccccc3)ccc1-2. The van der Waals surface area contributed by atoms with Gasteiger partial charge in [-0.25, -0.2) is 4.98 Å². The molecule has 1 spiro atoms. The molecule has 0 amide bonds. The van der Waals surface area contributed by atoms with E-state index in [4.69, 9.17) is 9.97 Å². The van der Waals surface area contributed by atoms with Crippen LogP contribution in [0, 0.1) is 11.3 Å². The summed E-state index contributed by atoms with van der Waals surface area (Å²) in [7, 11) is 0. The molecule has 0 bridgehead atoms. The van der Waals surface area contributed by atoms with E-state index < -0.39 is 0 Å². The predicted molar refractivity (Wildman–Crippen MR) is 178 cm³/mol. The summed E-state index contributed by atoms with van der Waals surface area (Å²) >= 11 is 0. The lowest BCUT2D eigenvalue weighted by atomic mass is 9.67. The minimum atomic E-state index is -0.0347. The van der Waals surface area contributed by atoms with Crippen molar-refractivity contribution in [2.24, 2.45) is 0 Å². The Morgan fingerprint density at radius 1 is 0.545 bits per heavy atom. The largest absolute Gasteiger partial charge is 0.252 e. The number of hydrogen-bond acceptors (Lipinski definition) is 3. The first-order chi connectivity index (χ1) is 21.7. The summed E-state index contributed by atoms with van der Waals surface area (Å²) in [4.78, 5) is 10.3. The van der Waals surface area contributed by atoms with Crippen LogP contribution in [0.25, 0.3) is 56.0 Å². The molecule has 0 radical (unpaired) electrons. The summed E-state index contributed by atoms with van der Waals surface area (Å²) < 4.78 is 0. The van der Waals surface area contributed by atoms with Gasteiger partial charge in [-0.05, 0) is 64.4 Å². The van der Waals surface area contributed by atoms with Crippen LogP contribution in [0.15, 0.2) is 128 Å². The molecule has 6 aromatic rings. The van der Waals surface area contributed by atoms with Gasteiger partial charge in [0, 0.05) is 22.1 Å². The van der Waals surface area contributed by atoms with Crippen molar-refractivity contribution in [1.82, 2.24) is 9.97 Å². The Hall–Kier alpha value is -5.33. The van der Waals surface area contributed by atoms with Gasteiger partial charge in [0.1, 0.15) is 0 Å². The number of hydrogen-bond donors (Lipinski definition) is 0. The Kier molecular flexibility index (Phi) is 6.42. The zero-order valence-corrected chi connectivity index (χ0v) is 24.5. The lowest BCUT2D eigenvalue weighted by Crippen LogP contribution is -2.28. The van der Waals surface area contributed by atoms with E-state index in [1.807, 2.05) is 36.5 Å². The van der Waals surface area contributed by atoms with Crippen LogP contribution < -0.4 is 0 Å². The van der Waals surface area contributed by atoms with Gasteiger partial charge in [-0.1, -0.05) is 122 Å². The van der Waals surface area contributed by atoms with Crippen LogP contribution in [0.4, 0.5) is 0 Å². The third kappa shape index (κ3) is 4.26. The van der Waals surface area contributed by atoms with Crippen molar-refractivity contribution in [3.8, 4) is 62.1 Å². The van der Waals surface area contributed by atoms with E-state index in [1.165, 1.54) is 47.1 Å². The summed E-state index contributed by atoms with van der Waals surface area (Å²) in [5.41, 5.74) is 14.2. The van der Waals surface area contributed by atoms with E-state index >= 15 is 0 Å². The summed E-state index contributed by atoms with van der Waals surface area (Å²) in [5, 5.41) is 9.73. The van der Waals surface area contributed by atoms with Crippen LogP contribution in [0.3, 0.4) is 0 Å². The molecule has 1 fully saturated rings. The zero-order valence-electron chi connectivity index (χ0n) is 24.5. The molecule has 1 heterocycles. The highest BCUT2D eigenvalue weighted by atomic mass is 14.8. The Morgan fingerprint density at radius 2 is 1.18 bits per heavy atom. The van der Waals surface area contributed by atoms with Crippen LogP contribution in [-0.4, -0.2) is 9.97 Å². The van der Waals surface area contributed by atoms with Gasteiger partial charge in [-0.15, -0.1) is 0 Å². The molecular weight excluding hydrogens is 534 g/mol. The molecule has 8 rings (SSSR count). The van der Waals surface area contributed by atoms with Crippen molar-refractivity contribution in [3.05, 3.63) is 144 Å². The van der Waals surface area contributed by atoms with Crippen molar-refractivity contribution >= 4 is 0 Å². The molecule has 3 nitrogen and oxygen atoms in total. The van der Waals surface area contributed by atoms with E-state index in [-0.39, 0.29) is 5.41 Å². The number of fused-ring (bicyclic) bond motifs is 5. The maximum absolute atomic E-state index is 9.73. The van der Waals surface area contributed by atoms with Gasteiger partial charge in [0.25, 0.3) is 0 Å². The third-order valence-corrected chi connectivity index (χ3v) is 9.58. The van der Waals surface area contributed by atoms with Crippen molar-refractivity contribution in [3.63, 3.8) is 0 Å². The molecular formula is C41H31N3. The smallest absolute Gasteiger partial charge is 0.0991 e. The van der Waals surface area contributed by atoms with E-state index in [1.54, 1.807) is 0 Å². The molecule has 0 N–H and O–H groups in total. The summed E-state index contributed by atoms with van der Waals surface area (Å²) in [5.74, 6) is 0. The summed E-state index contributed by atoms with van der Waals surface area (Å²) in [6.07, 6.45) is 7.83. The van der Waals surface area contributed by atoms with E-state index in [9.17, 15) is 5.26 Å². The first kappa shape index (κ1) is 26.3. The van der Waals surface area contributed by atoms with Gasteiger partial charge in [0.2, 0.25) is 0 Å². The Bertz CT molecular complexity index is 2050. The fraction of sp³-hybridized carbons (Fsp3) is 0.146. The third-order valence-electron chi connectivity index (χ3n) is 9.58. The molecule has 2 aliphatic rings. The molecule has 210 valence electrons. The highest BCUT2D eigenvalue weighted by Crippen LogP contribution is 2.56. The Morgan fingerprint density at radius 3 is 1.91 bits per heavy atom. The standard InChI is InChI=1S/C41H31N3/c42-26-28-18-20-33-34-21-19-31(25-37(34)41(36(33)24-28)22-10-3-11-23-41)32-16-8-9-17-35(32)40-39(30-14-6-2-7-15-30)44-38(27-43-40)29-12-4-1-5-13-29/h1-2,4-9,12-21,24-25,27H,3,10-11,22-23H2. The topological polar surface area (TPSA) is 49.6 Å². The minimum absolute atomic E-state index is 0.0347. The van der Waals surface area contributed by atoms with Crippen molar-refractivity contribution in [2.45, 2.75) is 37.5 Å². The average Bonchev–Trinajstić information content (AvgIpc) is 3.36. The van der Waals surface area contributed by atoms with E-state index in [0.29, 0.717) is 0 Å². The first-order valence-corrected chi connectivity index (χ1v) is 15.5. The maximum atomic E-state index is 9.73. The Labute approximate surface area is 258 Å². The van der Waals surface area contributed by atoms with Gasteiger partial charge in [0.15, 0.2) is 0 Å². The predicted octanol–water partition coefficient (Wildman–Crippen LogP) is 10.2. The van der Waals surface area contributed by atoms with Crippen molar-refractivity contribution in [1.29, 1.82) is 5.26 Å². The normalized spacial score (nSPS) is 14.5. The molecule has 0 unspecified atom stereocenters. The quantitative estimate of drug-likeness (QED) is 0.214. The summed E-state index contributed by atoms with van der Waals surface area (Å²) in [6.45, 7) is 0. The lowest BCUT2D eigenvalue weighted by Gasteiger charge is -2.36. The summed E-state index contributed by atoms with van der Waals surface area (Å²) in [6, 6.07) is 44.9. The first-order valence-electron chi connectivity index (χ1n) is 15.5. The Balaban J connectivity index is 1.30. The molecule has 44 heavy (non-hydrogen) atoms. The minimum Gasteiger partial charge on any atom is -0.252 e. The van der Waals surface area contributed by atoms with Gasteiger partial charge in [0.05, 0.1) is 34.9 Å². The molecule has 5 aromatic carbocycles. The number of aromatic nitrogens is 2. The van der Waals surface area contributed by atoms with E-state index in [0.717, 1.165) is 57.7 Å². The molecule has 0 aliphatic heterocycles. The molecule has 2 aliphatic carbocycles. The fourth-order valence-corrected chi connectivity index (χ4v) is 7.50. The highest BCUT2D eigenvalue weighted by Gasteiger charge is 2.44. The molecule has 1 saturated carbocycles. The monoisotopic (exact) mass is 565 g/mol. The van der Waals surface area contributed by atoms with Crippen LogP contribution in [0.5, 0.6) is 0 Å². The van der Waals surface area contributed by atoms with Crippen LogP contribution in [0.2, 0.25) is 0 Å². The maximum Gasteiger partial charge on any atom is 0.0991 e. The second-order valence-corrected chi connectivity index (χ2v) is 12.0. The average molecular weight is 566 g/mol. The van der Waals surface area contributed by atoms with Gasteiger partial charge in [-0.3, -0.25) is 4.98 Å². The second-order valence-electron chi connectivity index (χ2n) is 12.0. The van der Waals surface area contributed by atoms with E-state index in [2.05, 4.69) is 97.1 Å². The fourth-order valence-electron chi connectivity index (χ4n) is 7.50. The zero-order chi connectivity index (χ0) is 29.5. The molecule has 1 aromatic heterocycles. The van der Waals surface area contributed by atoms with Crippen LogP contribution >= 0.6 is 0 Å². The number of benzene rings is 5. The lowest BCUT2D eigenvalue weighted by molar-refractivity contribution is 0.353. The van der Waals surface area contributed by atoms with Crippen LogP contribution in [-0.2, 0) is 5.41 Å². The molecule has 0 atom stereocenters. The van der Waals surface area contributed by atoms with Gasteiger partial charge >= 0.3 is 0 Å². The van der Waals surface area contributed by atoms with Crippen LogP contribution in [0.1, 0.15) is 48.8 Å². The number of nitriles is 1. The number of rotatable bonds is 4. The van der Waals surface area contributed by atoms with Gasteiger partial charge < -0.3 is 0 Å². The second kappa shape index (κ2) is 10.7. The molecule has 0 saturated heterocycles. The van der Waals surface area contributed by atoms with Crippen molar-refractivity contribution in [2.75, 3.05) is 0 Å².